The third kappa shape index (κ3) is 3.17. The highest BCUT2D eigenvalue weighted by molar-refractivity contribution is 9.10. The number of hydrogen-bond acceptors (Lipinski definition) is 6. The number of carbonyl (C=O) groups excluding carboxylic acids is 1. The van der Waals surface area contributed by atoms with Gasteiger partial charge in [-0.15, -0.1) is 0 Å². The quantitative estimate of drug-likeness (QED) is 0.794. The molecule has 2 N–H and O–H groups in total. The molecule has 0 spiro atoms. The minimum Gasteiger partial charge on any atom is -0.379 e. The van der Waals surface area contributed by atoms with Crippen molar-refractivity contribution in [3.05, 3.63) is 16.9 Å². The maximum absolute atomic E-state index is 12.4. The second-order valence-electron chi connectivity index (χ2n) is 5.32. The zero-order valence-corrected chi connectivity index (χ0v) is 13.2. The first-order chi connectivity index (χ1) is 10.1. The highest BCUT2D eigenvalue weighted by atomic mass is 79.9. The number of nitrogens with two attached hydrogens (primary N) is 1. The first kappa shape index (κ1) is 14.7. The van der Waals surface area contributed by atoms with Gasteiger partial charge in [-0.05, 0) is 15.9 Å². The van der Waals surface area contributed by atoms with Crippen molar-refractivity contribution in [3.8, 4) is 0 Å². The van der Waals surface area contributed by atoms with Gasteiger partial charge < -0.3 is 20.3 Å². The predicted octanol–water partition coefficient (Wildman–Crippen LogP) is -0.139. The monoisotopic (exact) mass is 355 g/mol. The van der Waals surface area contributed by atoms with Crippen LogP contribution in [-0.4, -0.2) is 66.2 Å². The SMILES string of the molecule is NC1COCC1C(=O)N1CCN(c2ncc(Br)cn2)CC1. The predicted molar refractivity (Wildman–Crippen MR) is 80.8 cm³/mol. The van der Waals surface area contributed by atoms with Gasteiger partial charge in [0.05, 0.1) is 23.6 Å². The number of piperazine rings is 1. The highest BCUT2D eigenvalue weighted by Crippen LogP contribution is 2.18. The molecule has 7 nitrogen and oxygen atoms in total. The molecule has 21 heavy (non-hydrogen) atoms. The zero-order chi connectivity index (χ0) is 14.8. The first-order valence-electron chi connectivity index (χ1n) is 7.00. The van der Waals surface area contributed by atoms with Gasteiger partial charge in [0.1, 0.15) is 0 Å². The number of rotatable bonds is 2. The molecular weight excluding hydrogens is 338 g/mol. The Hall–Kier alpha value is -1.25. The third-order valence-corrected chi connectivity index (χ3v) is 4.33. The number of halogens is 1. The summed E-state index contributed by atoms with van der Waals surface area (Å²) in [6.45, 7) is 3.72. The van der Waals surface area contributed by atoms with E-state index in [2.05, 4.69) is 30.8 Å². The summed E-state index contributed by atoms with van der Waals surface area (Å²) in [7, 11) is 0. The number of aromatic nitrogens is 2. The van der Waals surface area contributed by atoms with Crippen LogP contribution >= 0.6 is 15.9 Å². The summed E-state index contributed by atoms with van der Waals surface area (Å²) in [4.78, 5) is 24.9. The van der Waals surface area contributed by atoms with Gasteiger partial charge in [-0.25, -0.2) is 9.97 Å². The number of hydrogen-bond donors (Lipinski definition) is 1. The molecule has 0 saturated carbocycles. The Morgan fingerprint density at radius 3 is 2.48 bits per heavy atom. The number of ether oxygens (including phenoxy) is 1. The van der Waals surface area contributed by atoms with Crippen LogP contribution in [0.2, 0.25) is 0 Å². The molecule has 0 aromatic carbocycles. The standard InChI is InChI=1S/C13H18BrN5O2/c14-9-5-16-13(17-6-9)19-3-1-18(2-4-19)12(20)10-7-21-8-11(10)15/h5-6,10-11H,1-4,7-8,15H2. The summed E-state index contributed by atoms with van der Waals surface area (Å²) in [5, 5.41) is 0. The lowest BCUT2D eigenvalue weighted by molar-refractivity contribution is -0.136. The maximum atomic E-state index is 12.4. The molecule has 8 heteroatoms. The fourth-order valence-electron chi connectivity index (χ4n) is 2.66. The van der Waals surface area contributed by atoms with Gasteiger partial charge in [0, 0.05) is 44.6 Å². The first-order valence-corrected chi connectivity index (χ1v) is 7.79. The minimum absolute atomic E-state index is 0.108. The second kappa shape index (κ2) is 6.25. The second-order valence-corrected chi connectivity index (χ2v) is 6.24. The van der Waals surface area contributed by atoms with E-state index >= 15 is 0 Å². The summed E-state index contributed by atoms with van der Waals surface area (Å²) >= 11 is 3.32. The molecular formula is C13H18BrN5O2. The van der Waals surface area contributed by atoms with Crippen LogP contribution < -0.4 is 10.6 Å². The van der Waals surface area contributed by atoms with Crippen molar-refractivity contribution in [2.75, 3.05) is 44.3 Å². The van der Waals surface area contributed by atoms with Crippen LogP contribution in [0.25, 0.3) is 0 Å². The Kier molecular flexibility index (Phi) is 4.37. The van der Waals surface area contributed by atoms with Gasteiger partial charge in [-0.3, -0.25) is 4.79 Å². The van der Waals surface area contributed by atoms with Gasteiger partial charge >= 0.3 is 0 Å². The van der Waals surface area contributed by atoms with E-state index in [4.69, 9.17) is 10.5 Å². The summed E-state index contributed by atoms with van der Waals surface area (Å²) in [6.07, 6.45) is 3.46. The minimum atomic E-state index is -0.194. The van der Waals surface area contributed by atoms with E-state index in [1.807, 2.05) is 4.90 Å². The Balaban J connectivity index is 1.57. The van der Waals surface area contributed by atoms with Crippen LogP contribution in [0.3, 0.4) is 0 Å². The van der Waals surface area contributed by atoms with Crippen molar-refractivity contribution >= 4 is 27.8 Å². The lowest BCUT2D eigenvalue weighted by Gasteiger charge is -2.36. The smallest absolute Gasteiger partial charge is 0.229 e. The molecule has 1 amide bonds. The lowest BCUT2D eigenvalue weighted by atomic mass is 10.0. The van der Waals surface area contributed by atoms with Crippen LogP contribution in [0.1, 0.15) is 0 Å². The molecule has 0 radical (unpaired) electrons. The molecule has 3 heterocycles. The number of carbonyl (C=O) groups is 1. The highest BCUT2D eigenvalue weighted by Gasteiger charge is 2.35. The Labute approximate surface area is 131 Å². The van der Waals surface area contributed by atoms with Crippen molar-refractivity contribution in [2.45, 2.75) is 6.04 Å². The summed E-state index contributed by atoms with van der Waals surface area (Å²) in [5.41, 5.74) is 5.91. The van der Waals surface area contributed by atoms with Crippen LogP contribution in [0.4, 0.5) is 5.95 Å². The average Bonchev–Trinajstić information content (AvgIpc) is 2.94. The Morgan fingerprint density at radius 2 is 1.90 bits per heavy atom. The fraction of sp³-hybridized carbons (Fsp3) is 0.615. The van der Waals surface area contributed by atoms with Gasteiger partial charge in [-0.2, -0.15) is 0 Å². The topological polar surface area (TPSA) is 84.6 Å². The Morgan fingerprint density at radius 1 is 1.24 bits per heavy atom. The van der Waals surface area contributed by atoms with Gasteiger partial charge in [0.15, 0.2) is 0 Å². The Bertz CT molecular complexity index is 504. The summed E-state index contributed by atoms with van der Waals surface area (Å²) in [5.74, 6) is 0.614. The average molecular weight is 356 g/mol. The van der Waals surface area contributed by atoms with E-state index in [1.54, 1.807) is 12.4 Å². The van der Waals surface area contributed by atoms with Crippen molar-refractivity contribution in [1.82, 2.24) is 14.9 Å². The van der Waals surface area contributed by atoms with E-state index in [9.17, 15) is 4.79 Å². The number of nitrogens with zero attached hydrogens (tertiary/aromatic N) is 4. The molecule has 2 unspecified atom stereocenters. The van der Waals surface area contributed by atoms with Crippen molar-refractivity contribution in [3.63, 3.8) is 0 Å². The third-order valence-electron chi connectivity index (χ3n) is 3.92. The van der Waals surface area contributed by atoms with Crippen molar-refractivity contribution in [2.24, 2.45) is 11.7 Å². The van der Waals surface area contributed by atoms with Crippen molar-refractivity contribution < 1.29 is 9.53 Å². The van der Waals surface area contributed by atoms with Crippen molar-refractivity contribution in [1.29, 1.82) is 0 Å². The lowest BCUT2D eigenvalue weighted by Crippen LogP contribution is -2.53. The summed E-state index contributed by atoms with van der Waals surface area (Å²) in [6, 6.07) is -0.176. The fourth-order valence-corrected chi connectivity index (χ4v) is 2.86. The van der Waals surface area contributed by atoms with Crippen LogP contribution in [-0.2, 0) is 9.53 Å². The maximum Gasteiger partial charge on any atom is 0.229 e. The molecule has 2 aliphatic rings. The largest absolute Gasteiger partial charge is 0.379 e. The van der Waals surface area contributed by atoms with E-state index in [0.717, 1.165) is 17.6 Å². The van der Waals surface area contributed by atoms with Crippen LogP contribution in [0, 0.1) is 5.92 Å². The molecule has 114 valence electrons. The van der Waals surface area contributed by atoms with E-state index in [0.29, 0.717) is 32.3 Å². The molecule has 1 aromatic rings. The van der Waals surface area contributed by atoms with E-state index < -0.39 is 0 Å². The van der Waals surface area contributed by atoms with Gasteiger partial charge in [0.2, 0.25) is 11.9 Å². The molecule has 2 fully saturated rings. The van der Waals surface area contributed by atoms with E-state index in [1.165, 1.54) is 0 Å². The number of anilines is 1. The summed E-state index contributed by atoms with van der Waals surface area (Å²) < 4.78 is 6.13. The van der Waals surface area contributed by atoms with Gasteiger partial charge in [-0.1, -0.05) is 0 Å². The normalized spacial score (nSPS) is 26.2. The molecule has 0 bridgehead atoms. The number of amides is 1. The van der Waals surface area contributed by atoms with Gasteiger partial charge in [0.25, 0.3) is 0 Å². The molecule has 2 aliphatic heterocycles. The molecule has 2 atom stereocenters. The molecule has 3 rings (SSSR count). The van der Waals surface area contributed by atoms with Crippen LogP contribution in [0.5, 0.6) is 0 Å². The van der Waals surface area contributed by atoms with E-state index in [-0.39, 0.29) is 17.9 Å². The molecule has 1 aromatic heterocycles. The molecule has 2 saturated heterocycles. The van der Waals surface area contributed by atoms with Crippen LogP contribution in [0.15, 0.2) is 16.9 Å². The molecule has 0 aliphatic carbocycles. The zero-order valence-electron chi connectivity index (χ0n) is 11.6.